The van der Waals surface area contributed by atoms with Crippen LogP contribution in [0.2, 0.25) is 0 Å². The van der Waals surface area contributed by atoms with E-state index in [1.165, 1.54) is 18.2 Å². The van der Waals surface area contributed by atoms with Crippen LogP contribution in [-0.4, -0.2) is 21.0 Å². The number of hydrogen-bond donors (Lipinski definition) is 0. The summed E-state index contributed by atoms with van der Waals surface area (Å²) in [7, 11) is -4.07. The van der Waals surface area contributed by atoms with Gasteiger partial charge in [0.05, 0.1) is 12.7 Å². The highest BCUT2D eigenvalue weighted by atomic mass is 32.2. The normalized spacial score (nSPS) is 12.2. The van der Waals surface area contributed by atoms with Crippen LogP contribution in [-0.2, 0) is 23.8 Å². The average molecular weight is 372 g/mol. The molecule has 0 saturated heterocycles. The van der Waals surface area contributed by atoms with Crippen molar-refractivity contribution >= 4 is 22.2 Å². The van der Waals surface area contributed by atoms with Gasteiger partial charge in [-0.3, -0.25) is 0 Å². The number of benzene rings is 2. The Morgan fingerprint density at radius 2 is 1.69 bits per heavy atom. The minimum Gasteiger partial charge on any atom is -0.463 e. The Morgan fingerprint density at radius 1 is 1.04 bits per heavy atom. The molecule has 2 aromatic rings. The second-order valence-corrected chi connectivity index (χ2v) is 6.94. The predicted octanol–water partition coefficient (Wildman–Crippen LogP) is 3.86. The van der Waals surface area contributed by atoms with Gasteiger partial charge in [-0.05, 0) is 37.6 Å². The van der Waals surface area contributed by atoms with Crippen molar-refractivity contribution in [3.05, 3.63) is 83.6 Å². The topological polar surface area (TPSA) is 69.7 Å². The van der Waals surface area contributed by atoms with Gasteiger partial charge in [-0.25, -0.2) is 4.79 Å². The summed E-state index contributed by atoms with van der Waals surface area (Å²) in [6.07, 6.45) is 4.07. The molecular weight excluding hydrogens is 352 g/mol. The van der Waals surface area contributed by atoms with Gasteiger partial charge in [0.15, 0.2) is 0 Å². The fraction of sp³-hybridized carbons (Fsp3) is 0.150. The zero-order chi connectivity index (χ0) is 19.0. The van der Waals surface area contributed by atoms with Gasteiger partial charge in [0.25, 0.3) is 0 Å². The molecule has 0 aliphatic rings. The molecule has 26 heavy (non-hydrogen) atoms. The van der Waals surface area contributed by atoms with E-state index in [9.17, 15) is 13.2 Å². The number of hydrogen-bond acceptors (Lipinski definition) is 5. The van der Waals surface area contributed by atoms with Gasteiger partial charge in [0.2, 0.25) is 0 Å². The maximum Gasteiger partial charge on any atom is 0.339 e. The quantitative estimate of drug-likeness (QED) is 0.243. The third-order valence-corrected chi connectivity index (χ3v) is 4.56. The first-order valence-electron chi connectivity index (χ1n) is 8.03. The van der Waals surface area contributed by atoms with Crippen molar-refractivity contribution in [2.75, 3.05) is 6.61 Å². The van der Waals surface area contributed by atoms with Crippen LogP contribution in [0.5, 0.6) is 0 Å². The van der Waals surface area contributed by atoms with Crippen molar-refractivity contribution in [1.29, 1.82) is 0 Å². The fourth-order valence-corrected chi connectivity index (χ4v) is 2.94. The number of aryl methyl sites for hydroxylation is 1. The van der Waals surface area contributed by atoms with E-state index >= 15 is 0 Å². The van der Waals surface area contributed by atoms with Crippen LogP contribution in [0, 0.1) is 6.92 Å². The monoisotopic (exact) mass is 372 g/mol. The summed E-state index contributed by atoms with van der Waals surface area (Å²) in [5.74, 6) is -0.813. The highest BCUT2D eigenvalue weighted by molar-refractivity contribution is 7.86. The first-order chi connectivity index (χ1) is 12.4. The third-order valence-electron chi connectivity index (χ3n) is 3.30. The van der Waals surface area contributed by atoms with Gasteiger partial charge in [0, 0.05) is 0 Å². The van der Waals surface area contributed by atoms with Crippen LogP contribution in [0.25, 0.3) is 6.08 Å². The van der Waals surface area contributed by atoms with E-state index in [2.05, 4.69) is 0 Å². The molecule has 0 atom stereocenters. The summed E-state index contributed by atoms with van der Waals surface area (Å²) < 4.78 is 34.9. The maximum atomic E-state index is 12.5. The molecule has 0 bridgehead atoms. The van der Waals surface area contributed by atoms with Crippen molar-refractivity contribution in [3.8, 4) is 0 Å². The Labute approximate surface area is 153 Å². The number of carbonyl (C=O) groups excluding carboxylic acids is 1. The lowest BCUT2D eigenvalue weighted by molar-refractivity contribution is -0.137. The lowest BCUT2D eigenvalue weighted by atomic mass is 10.2. The van der Waals surface area contributed by atoms with E-state index in [0.717, 1.165) is 17.2 Å². The van der Waals surface area contributed by atoms with Crippen molar-refractivity contribution in [2.24, 2.45) is 0 Å². The summed E-state index contributed by atoms with van der Waals surface area (Å²) in [4.78, 5) is 11.7. The Kier molecular flexibility index (Phi) is 6.74. The van der Waals surface area contributed by atoms with E-state index in [0.29, 0.717) is 0 Å². The molecule has 0 N–H and O–H groups in total. The number of rotatable bonds is 7. The summed E-state index contributed by atoms with van der Waals surface area (Å²) in [6, 6.07) is 15.5. The Morgan fingerprint density at radius 3 is 2.31 bits per heavy atom. The molecule has 0 unspecified atom stereocenters. The number of esters is 1. The molecule has 6 heteroatoms. The first kappa shape index (κ1) is 19.5. The van der Waals surface area contributed by atoms with Gasteiger partial charge in [-0.15, -0.1) is 0 Å². The van der Waals surface area contributed by atoms with E-state index < -0.39 is 16.1 Å². The Balaban J connectivity index is 2.30. The van der Waals surface area contributed by atoms with E-state index in [4.69, 9.17) is 8.92 Å². The number of ether oxygens (including phenoxy) is 1. The molecular formula is C20H20O5S. The highest BCUT2D eigenvalue weighted by Gasteiger charge is 2.17. The third kappa shape index (κ3) is 5.89. The van der Waals surface area contributed by atoms with Gasteiger partial charge in [0.1, 0.15) is 10.7 Å². The van der Waals surface area contributed by atoms with E-state index in [-0.39, 0.29) is 17.3 Å². The molecule has 2 aromatic carbocycles. The van der Waals surface area contributed by atoms with Crippen LogP contribution in [0.1, 0.15) is 18.1 Å². The summed E-state index contributed by atoms with van der Waals surface area (Å²) in [6.45, 7) is 3.69. The van der Waals surface area contributed by atoms with Crippen LogP contribution in [0.4, 0.5) is 0 Å². The van der Waals surface area contributed by atoms with Crippen molar-refractivity contribution in [2.45, 2.75) is 18.7 Å². The molecule has 0 amide bonds. The standard InChI is InChI=1S/C20H20O5S/c1-3-24-20(21)15-18(12-11-17-7-5-4-6-8-17)25-26(22,23)19-13-9-16(2)10-14-19/h4-15H,3H2,1-2H3/b12-11+,18-15+. The predicted molar refractivity (Wildman–Crippen MR) is 99.6 cm³/mol. The molecule has 0 fully saturated rings. The molecule has 0 heterocycles. The average Bonchev–Trinajstić information content (AvgIpc) is 2.61. The smallest absolute Gasteiger partial charge is 0.339 e. The second kappa shape index (κ2) is 9.01. The second-order valence-electron chi connectivity index (χ2n) is 5.39. The molecule has 5 nitrogen and oxygen atoms in total. The Hall–Kier alpha value is -2.86. The van der Waals surface area contributed by atoms with Crippen LogP contribution < -0.4 is 0 Å². The maximum absolute atomic E-state index is 12.5. The minimum atomic E-state index is -4.07. The lowest BCUT2D eigenvalue weighted by Gasteiger charge is -2.08. The van der Waals surface area contributed by atoms with Crippen LogP contribution in [0.15, 0.2) is 77.4 Å². The largest absolute Gasteiger partial charge is 0.463 e. The number of carbonyl (C=O) groups is 1. The van der Waals surface area contributed by atoms with Gasteiger partial charge in [-0.2, -0.15) is 8.42 Å². The molecule has 0 spiro atoms. The SMILES string of the molecule is CCOC(=O)/C=C(\C=C\c1ccccc1)OS(=O)(=O)c1ccc(C)cc1. The zero-order valence-corrected chi connectivity index (χ0v) is 15.4. The molecule has 0 aliphatic heterocycles. The molecule has 0 aromatic heterocycles. The van der Waals surface area contributed by atoms with Gasteiger partial charge >= 0.3 is 16.1 Å². The lowest BCUT2D eigenvalue weighted by Crippen LogP contribution is -2.08. The molecule has 136 valence electrons. The highest BCUT2D eigenvalue weighted by Crippen LogP contribution is 2.18. The van der Waals surface area contributed by atoms with Crippen molar-refractivity contribution in [1.82, 2.24) is 0 Å². The molecule has 0 saturated carbocycles. The summed E-state index contributed by atoms with van der Waals surface area (Å²) in [5.41, 5.74) is 1.76. The van der Waals surface area contributed by atoms with Gasteiger partial charge in [-0.1, -0.05) is 54.1 Å². The first-order valence-corrected chi connectivity index (χ1v) is 9.44. The van der Waals surface area contributed by atoms with Gasteiger partial charge < -0.3 is 8.92 Å². The molecule has 2 rings (SSSR count). The van der Waals surface area contributed by atoms with E-state index in [1.54, 1.807) is 25.1 Å². The zero-order valence-electron chi connectivity index (χ0n) is 14.6. The fourth-order valence-electron chi connectivity index (χ4n) is 2.02. The minimum absolute atomic E-state index is 0.00553. The van der Waals surface area contributed by atoms with E-state index in [1.807, 2.05) is 37.3 Å². The van der Waals surface area contributed by atoms with Crippen LogP contribution >= 0.6 is 0 Å². The molecule has 0 radical (unpaired) electrons. The van der Waals surface area contributed by atoms with Crippen molar-refractivity contribution in [3.63, 3.8) is 0 Å². The number of allylic oxidation sites excluding steroid dienone is 1. The van der Waals surface area contributed by atoms with Crippen LogP contribution in [0.3, 0.4) is 0 Å². The Bertz CT molecular complexity index is 895. The summed E-state index contributed by atoms with van der Waals surface area (Å²) in [5, 5.41) is 0. The molecule has 0 aliphatic carbocycles. The summed E-state index contributed by atoms with van der Waals surface area (Å²) >= 11 is 0. The van der Waals surface area contributed by atoms with Crippen molar-refractivity contribution < 1.29 is 22.1 Å².